The van der Waals surface area contributed by atoms with E-state index in [1.807, 2.05) is 37.3 Å². The number of carbonyl (C=O) groups is 3. The third-order valence-corrected chi connectivity index (χ3v) is 4.76. The first-order valence-electron chi connectivity index (χ1n) is 10.3. The Bertz CT molecular complexity index is 1100. The van der Waals surface area contributed by atoms with Crippen LogP contribution < -0.4 is 20.9 Å². The molecule has 0 aliphatic heterocycles. The lowest BCUT2D eigenvalue weighted by atomic mass is 10.1. The van der Waals surface area contributed by atoms with E-state index in [4.69, 9.17) is 0 Å². The highest BCUT2D eigenvalue weighted by Gasteiger charge is 2.14. The Kier molecular flexibility index (Phi) is 7.59. The molecule has 0 bridgehead atoms. The van der Waals surface area contributed by atoms with E-state index < -0.39 is 0 Å². The zero-order valence-corrected chi connectivity index (χ0v) is 18.1. The summed E-state index contributed by atoms with van der Waals surface area (Å²) in [5, 5.41) is 8.55. The predicted octanol–water partition coefficient (Wildman–Crippen LogP) is 3.76. The summed E-state index contributed by atoms with van der Waals surface area (Å²) in [7, 11) is 1.71. The Labute approximate surface area is 187 Å². The van der Waals surface area contributed by atoms with Crippen LogP contribution in [0, 0.1) is 0 Å². The molecule has 3 N–H and O–H groups in total. The normalized spacial score (nSPS) is 10.2. The van der Waals surface area contributed by atoms with Crippen molar-refractivity contribution in [3.8, 4) is 0 Å². The second-order valence-corrected chi connectivity index (χ2v) is 7.12. The molecule has 3 aromatic rings. The lowest BCUT2D eigenvalue weighted by Crippen LogP contribution is -2.26. The summed E-state index contributed by atoms with van der Waals surface area (Å²) in [4.78, 5) is 38.7. The van der Waals surface area contributed by atoms with Gasteiger partial charge in [-0.15, -0.1) is 0 Å². The van der Waals surface area contributed by atoms with Crippen molar-refractivity contribution < 1.29 is 14.4 Å². The van der Waals surface area contributed by atoms with E-state index in [1.54, 1.807) is 60.5 Å². The fourth-order valence-electron chi connectivity index (χ4n) is 3.11. The third-order valence-electron chi connectivity index (χ3n) is 4.76. The molecule has 0 fully saturated rings. The average molecular weight is 431 g/mol. The molecular weight excluding hydrogens is 404 g/mol. The minimum Gasteiger partial charge on any atom is -0.376 e. The van der Waals surface area contributed by atoms with E-state index in [2.05, 4.69) is 16.0 Å². The lowest BCUT2D eigenvalue weighted by Gasteiger charge is -2.17. The van der Waals surface area contributed by atoms with Gasteiger partial charge in [0.2, 0.25) is 5.91 Å². The zero-order chi connectivity index (χ0) is 22.9. The second-order valence-electron chi connectivity index (χ2n) is 7.12. The molecule has 3 aromatic carbocycles. The molecule has 0 aliphatic carbocycles. The van der Waals surface area contributed by atoms with E-state index in [0.717, 1.165) is 5.69 Å². The highest BCUT2D eigenvalue weighted by atomic mass is 16.2. The van der Waals surface area contributed by atoms with Crippen LogP contribution in [-0.2, 0) is 4.79 Å². The molecule has 0 aromatic heterocycles. The Hall–Kier alpha value is -4.13. The maximum Gasteiger partial charge on any atom is 0.258 e. The van der Waals surface area contributed by atoms with Crippen molar-refractivity contribution in [2.75, 3.05) is 35.7 Å². The number of nitrogens with one attached hydrogen (secondary N) is 3. The van der Waals surface area contributed by atoms with Crippen LogP contribution in [0.5, 0.6) is 0 Å². The van der Waals surface area contributed by atoms with Gasteiger partial charge in [0.05, 0.1) is 6.54 Å². The van der Waals surface area contributed by atoms with Crippen LogP contribution >= 0.6 is 0 Å². The molecule has 7 nitrogen and oxygen atoms in total. The summed E-state index contributed by atoms with van der Waals surface area (Å²) in [6.45, 7) is 2.41. The summed E-state index contributed by atoms with van der Waals surface area (Å²) in [5.74, 6) is -0.607. The molecule has 0 aliphatic rings. The fourth-order valence-corrected chi connectivity index (χ4v) is 3.11. The van der Waals surface area contributed by atoms with Crippen molar-refractivity contribution in [2.45, 2.75) is 6.92 Å². The van der Waals surface area contributed by atoms with E-state index in [-0.39, 0.29) is 24.3 Å². The average Bonchev–Trinajstić information content (AvgIpc) is 2.83. The zero-order valence-electron chi connectivity index (χ0n) is 18.1. The number of hydrogen-bond acceptors (Lipinski definition) is 4. The summed E-state index contributed by atoms with van der Waals surface area (Å²) >= 11 is 0. The highest BCUT2D eigenvalue weighted by Crippen LogP contribution is 2.17. The number of amides is 3. The van der Waals surface area contributed by atoms with Crippen molar-refractivity contribution in [1.29, 1.82) is 0 Å². The topological polar surface area (TPSA) is 90.5 Å². The van der Waals surface area contributed by atoms with E-state index in [0.29, 0.717) is 29.0 Å². The van der Waals surface area contributed by atoms with Gasteiger partial charge in [0.15, 0.2) is 0 Å². The smallest absolute Gasteiger partial charge is 0.258 e. The quantitative estimate of drug-likeness (QED) is 0.508. The molecule has 0 saturated carbocycles. The standard InChI is InChI=1S/C25H26N4O3/c1-3-26-24(31)18-9-7-11-20(15-18)27-17-23(30)28-21-12-8-10-19(16-21)25(32)29(2)22-13-5-4-6-14-22/h4-16,27H,3,17H2,1-2H3,(H,26,31)(H,28,30). The minimum atomic E-state index is -0.269. The molecule has 0 atom stereocenters. The second kappa shape index (κ2) is 10.8. The molecular formula is C25H26N4O3. The van der Waals surface area contributed by atoms with Gasteiger partial charge in [-0.25, -0.2) is 0 Å². The Morgan fingerprint density at radius 2 is 1.47 bits per heavy atom. The van der Waals surface area contributed by atoms with Gasteiger partial charge in [0.25, 0.3) is 11.8 Å². The highest BCUT2D eigenvalue weighted by molar-refractivity contribution is 6.06. The van der Waals surface area contributed by atoms with Gasteiger partial charge in [-0.2, -0.15) is 0 Å². The number of hydrogen-bond donors (Lipinski definition) is 3. The molecule has 0 spiro atoms. The third kappa shape index (κ3) is 5.95. The van der Waals surface area contributed by atoms with Crippen molar-refractivity contribution in [1.82, 2.24) is 5.32 Å². The molecule has 7 heteroatoms. The number of anilines is 3. The summed E-state index contributed by atoms with van der Waals surface area (Å²) in [6, 6.07) is 23.1. The lowest BCUT2D eigenvalue weighted by molar-refractivity contribution is -0.114. The maximum absolute atomic E-state index is 12.8. The first kappa shape index (κ1) is 22.6. The molecule has 32 heavy (non-hydrogen) atoms. The molecule has 0 saturated heterocycles. The largest absolute Gasteiger partial charge is 0.376 e. The van der Waals surface area contributed by atoms with Gasteiger partial charge in [-0.05, 0) is 55.5 Å². The van der Waals surface area contributed by atoms with E-state index >= 15 is 0 Å². The van der Waals surface area contributed by atoms with Crippen LogP contribution in [-0.4, -0.2) is 37.9 Å². The Morgan fingerprint density at radius 3 is 2.19 bits per heavy atom. The van der Waals surface area contributed by atoms with Gasteiger partial charge < -0.3 is 20.9 Å². The van der Waals surface area contributed by atoms with E-state index in [9.17, 15) is 14.4 Å². The molecule has 0 unspecified atom stereocenters. The number of para-hydroxylation sites is 1. The number of nitrogens with zero attached hydrogens (tertiary/aromatic N) is 1. The SMILES string of the molecule is CCNC(=O)c1cccc(NCC(=O)Nc2cccc(C(=O)N(C)c3ccccc3)c2)c1. The van der Waals surface area contributed by atoms with Gasteiger partial charge in [0, 0.05) is 41.8 Å². The van der Waals surface area contributed by atoms with Gasteiger partial charge in [-0.1, -0.05) is 30.3 Å². The number of carbonyl (C=O) groups excluding carboxylic acids is 3. The van der Waals surface area contributed by atoms with Gasteiger partial charge in [0.1, 0.15) is 0 Å². The van der Waals surface area contributed by atoms with Crippen molar-refractivity contribution >= 4 is 34.8 Å². The van der Waals surface area contributed by atoms with Gasteiger partial charge >= 0.3 is 0 Å². The van der Waals surface area contributed by atoms with Crippen LogP contribution in [0.2, 0.25) is 0 Å². The van der Waals surface area contributed by atoms with Crippen LogP contribution in [0.15, 0.2) is 78.9 Å². The molecule has 0 radical (unpaired) electrons. The summed E-state index contributed by atoms with van der Waals surface area (Å²) < 4.78 is 0. The summed E-state index contributed by atoms with van der Waals surface area (Å²) in [6.07, 6.45) is 0. The molecule has 3 rings (SSSR count). The first-order valence-corrected chi connectivity index (χ1v) is 10.3. The minimum absolute atomic E-state index is 0.0148. The van der Waals surface area contributed by atoms with Crippen molar-refractivity contribution in [3.05, 3.63) is 90.0 Å². The Morgan fingerprint density at radius 1 is 0.812 bits per heavy atom. The van der Waals surface area contributed by atoms with Crippen molar-refractivity contribution in [3.63, 3.8) is 0 Å². The molecule has 3 amide bonds. The van der Waals surface area contributed by atoms with Crippen LogP contribution in [0.3, 0.4) is 0 Å². The van der Waals surface area contributed by atoms with Crippen LogP contribution in [0.4, 0.5) is 17.1 Å². The Balaban J connectivity index is 1.60. The van der Waals surface area contributed by atoms with Crippen LogP contribution in [0.25, 0.3) is 0 Å². The van der Waals surface area contributed by atoms with Gasteiger partial charge in [-0.3, -0.25) is 14.4 Å². The monoisotopic (exact) mass is 430 g/mol. The number of benzene rings is 3. The predicted molar refractivity (Wildman–Crippen MR) is 127 cm³/mol. The first-order chi connectivity index (χ1) is 15.5. The summed E-state index contributed by atoms with van der Waals surface area (Å²) in [5.41, 5.74) is 2.96. The molecule has 164 valence electrons. The van der Waals surface area contributed by atoms with Crippen LogP contribution in [0.1, 0.15) is 27.6 Å². The molecule has 0 heterocycles. The maximum atomic E-state index is 12.8. The van der Waals surface area contributed by atoms with Crippen molar-refractivity contribution in [2.24, 2.45) is 0 Å². The number of rotatable bonds is 8. The van der Waals surface area contributed by atoms with E-state index in [1.165, 1.54) is 0 Å². The fraction of sp³-hybridized carbons (Fsp3) is 0.160.